The van der Waals surface area contributed by atoms with Gasteiger partial charge >= 0.3 is 0 Å². The van der Waals surface area contributed by atoms with Gasteiger partial charge in [0.2, 0.25) is 0 Å². The van der Waals surface area contributed by atoms with Gasteiger partial charge in [0.25, 0.3) is 0 Å². The minimum absolute atomic E-state index is 0.214. The summed E-state index contributed by atoms with van der Waals surface area (Å²) in [7, 11) is 0. The molecule has 0 radical (unpaired) electrons. The summed E-state index contributed by atoms with van der Waals surface area (Å²) in [6, 6.07) is 11.0. The number of alkyl halides is 1. The van der Waals surface area contributed by atoms with E-state index in [4.69, 9.17) is 4.74 Å². The maximum atomic E-state index is 14.1. The van der Waals surface area contributed by atoms with E-state index in [0.717, 1.165) is 21.3 Å². The lowest BCUT2D eigenvalue weighted by molar-refractivity contribution is 0.337. The van der Waals surface area contributed by atoms with Crippen molar-refractivity contribution in [2.24, 2.45) is 0 Å². The number of halogens is 3. The number of ether oxygens (including phenoxy) is 1. The molecule has 20 heavy (non-hydrogen) atoms. The summed E-state index contributed by atoms with van der Waals surface area (Å²) in [4.78, 5) is -0.248. The van der Waals surface area contributed by atoms with Crippen LogP contribution in [0.15, 0.2) is 40.9 Å². The highest BCUT2D eigenvalue weighted by molar-refractivity contribution is 9.10. The van der Waals surface area contributed by atoms with Crippen molar-refractivity contribution in [2.45, 2.75) is 18.7 Å². The molecule has 0 aromatic heterocycles. The smallest absolute Gasteiger partial charge is 0.128 e. The molecule has 1 atom stereocenters. The van der Waals surface area contributed by atoms with E-state index in [1.807, 2.05) is 38.1 Å². The molecule has 0 fully saturated rings. The van der Waals surface area contributed by atoms with Crippen LogP contribution in [0.3, 0.4) is 0 Å². The summed E-state index contributed by atoms with van der Waals surface area (Å²) in [5.41, 5.74) is 2.42. The first-order valence-corrected chi connectivity index (χ1v) is 8.06. The summed E-state index contributed by atoms with van der Waals surface area (Å²) in [5, 5.41) is 0. The van der Waals surface area contributed by atoms with Crippen LogP contribution in [0.25, 0.3) is 0 Å². The van der Waals surface area contributed by atoms with Crippen molar-refractivity contribution in [1.29, 1.82) is 0 Å². The van der Waals surface area contributed by atoms with Gasteiger partial charge in [-0.2, -0.15) is 0 Å². The first-order valence-electron chi connectivity index (χ1n) is 6.35. The van der Waals surface area contributed by atoms with Crippen LogP contribution < -0.4 is 4.74 Å². The quantitative estimate of drug-likeness (QED) is 0.590. The number of hydrogen-bond donors (Lipinski definition) is 0. The van der Waals surface area contributed by atoms with Gasteiger partial charge in [-0.1, -0.05) is 44.0 Å². The Morgan fingerprint density at radius 3 is 2.55 bits per heavy atom. The van der Waals surface area contributed by atoms with Gasteiger partial charge in [-0.3, -0.25) is 0 Å². The van der Waals surface area contributed by atoms with Crippen molar-refractivity contribution in [3.05, 3.63) is 63.4 Å². The van der Waals surface area contributed by atoms with Gasteiger partial charge in [0.1, 0.15) is 11.6 Å². The van der Waals surface area contributed by atoms with Crippen LogP contribution in [-0.2, 0) is 0 Å². The molecule has 4 heteroatoms. The highest BCUT2D eigenvalue weighted by atomic mass is 79.9. The summed E-state index contributed by atoms with van der Waals surface area (Å²) >= 11 is 7.03. The number of rotatable bonds is 4. The third-order valence-corrected chi connectivity index (χ3v) is 4.45. The molecule has 2 rings (SSSR count). The molecule has 0 aliphatic carbocycles. The third-order valence-electron chi connectivity index (χ3n) is 2.97. The van der Waals surface area contributed by atoms with E-state index in [1.165, 1.54) is 0 Å². The Morgan fingerprint density at radius 2 is 1.90 bits per heavy atom. The van der Waals surface area contributed by atoms with Crippen LogP contribution in [0.2, 0.25) is 0 Å². The van der Waals surface area contributed by atoms with E-state index in [9.17, 15) is 4.39 Å². The average molecular weight is 402 g/mol. The van der Waals surface area contributed by atoms with Crippen molar-refractivity contribution in [3.63, 3.8) is 0 Å². The van der Waals surface area contributed by atoms with E-state index in [0.29, 0.717) is 12.2 Å². The summed E-state index contributed by atoms with van der Waals surface area (Å²) in [5.74, 6) is 0.548. The lowest BCUT2D eigenvalue weighted by Crippen LogP contribution is -2.02. The van der Waals surface area contributed by atoms with Crippen LogP contribution in [0.1, 0.15) is 28.4 Å². The predicted molar refractivity (Wildman–Crippen MR) is 87.2 cm³/mol. The molecule has 0 spiro atoms. The average Bonchev–Trinajstić information content (AvgIpc) is 2.40. The van der Waals surface area contributed by atoms with Gasteiger partial charge in [0, 0.05) is 15.6 Å². The molecule has 0 bridgehead atoms. The van der Waals surface area contributed by atoms with E-state index < -0.39 is 0 Å². The number of hydrogen-bond acceptors (Lipinski definition) is 1. The largest absolute Gasteiger partial charge is 0.494 e. The van der Waals surface area contributed by atoms with Gasteiger partial charge in [-0.15, -0.1) is 0 Å². The Bertz CT molecular complexity index is 613. The molecule has 0 heterocycles. The van der Waals surface area contributed by atoms with Crippen LogP contribution in [-0.4, -0.2) is 6.61 Å². The van der Waals surface area contributed by atoms with Crippen molar-refractivity contribution in [3.8, 4) is 5.75 Å². The number of aryl methyl sites for hydroxylation is 1. The van der Waals surface area contributed by atoms with Crippen LogP contribution in [0.4, 0.5) is 4.39 Å². The van der Waals surface area contributed by atoms with Crippen molar-refractivity contribution >= 4 is 31.9 Å². The van der Waals surface area contributed by atoms with Crippen molar-refractivity contribution < 1.29 is 9.13 Å². The zero-order chi connectivity index (χ0) is 14.7. The predicted octanol–water partition coefficient (Wildman–Crippen LogP) is 5.78. The standard InChI is InChI=1S/C16H15Br2FO/c1-3-20-15-7-5-11(17)9-13(15)16(18)12-6-4-10(2)8-14(12)19/h4-9,16H,3H2,1-2H3. The summed E-state index contributed by atoms with van der Waals surface area (Å²) in [6.45, 7) is 4.38. The first-order chi connectivity index (χ1) is 9.52. The molecule has 0 saturated heterocycles. The monoisotopic (exact) mass is 400 g/mol. The fraction of sp³-hybridized carbons (Fsp3) is 0.250. The molecule has 2 aromatic rings. The van der Waals surface area contributed by atoms with E-state index in [2.05, 4.69) is 31.9 Å². The molecule has 1 unspecified atom stereocenters. The highest BCUT2D eigenvalue weighted by Crippen LogP contribution is 2.39. The molecule has 106 valence electrons. The highest BCUT2D eigenvalue weighted by Gasteiger charge is 2.19. The summed E-state index contributed by atoms with van der Waals surface area (Å²) in [6.07, 6.45) is 0. The lowest BCUT2D eigenvalue weighted by Gasteiger charge is -2.17. The van der Waals surface area contributed by atoms with Crippen LogP contribution >= 0.6 is 31.9 Å². The van der Waals surface area contributed by atoms with Gasteiger partial charge in [-0.05, 0) is 43.7 Å². The van der Waals surface area contributed by atoms with Crippen molar-refractivity contribution in [1.82, 2.24) is 0 Å². The molecule has 0 saturated carbocycles. The second kappa shape index (κ2) is 6.72. The van der Waals surface area contributed by atoms with Crippen molar-refractivity contribution in [2.75, 3.05) is 6.61 Å². The van der Waals surface area contributed by atoms with E-state index in [1.54, 1.807) is 12.1 Å². The van der Waals surface area contributed by atoms with Gasteiger partial charge in [-0.25, -0.2) is 4.39 Å². The second-order valence-electron chi connectivity index (χ2n) is 4.50. The second-order valence-corrected chi connectivity index (χ2v) is 6.33. The Hall–Kier alpha value is -0.870. The Morgan fingerprint density at radius 1 is 1.15 bits per heavy atom. The van der Waals surface area contributed by atoms with Gasteiger partial charge < -0.3 is 4.74 Å². The first kappa shape index (κ1) is 15.5. The Kier molecular flexibility index (Phi) is 5.22. The molecule has 0 aliphatic rings. The lowest BCUT2D eigenvalue weighted by atomic mass is 10.0. The fourth-order valence-electron chi connectivity index (χ4n) is 2.01. The molecular formula is C16H15Br2FO. The van der Waals surface area contributed by atoms with Gasteiger partial charge in [0.05, 0.1) is 11.4 Å². The molecule has 0 aliphatic heterocycles. The molecule has 0 N–H and O–H groups in total. The zero-order valence-corrected chi connectivity index (χ0v) is 14.5. The van der Waals surface area contributed by atoms with Crippen LogP contribution in [0.5, 0.6) is 5.75 Å². The normalized spacial score (nSPS) is 12.2. The molecule has 0 amide bonds. The SMILES string of the molecule is CCOc1ccc(Br)cc1C(Br)c1ccc(C)cc1F. The fourth-order valence-corrected chi connectivity index (χ4v) is 3.12. The van der Waals surface area contributed by atoms with E-state index in [-0.39, 0.29) is 10.6 Å². The van der Waals surface area contributed by atoms with E-state index >= 15 is 0 Å². The molecular weight excluding hydrogens is 387 g/mol. The summed E-state index contributed by atoms with van der Waals surface area (Å²) < 4.78 is 20.7. The van der Waals surface area contributed by atoms with Crippen LogP contribution in [0, 0.1) is 12.7 Å². The third kappa shape index (κ3) is 3.41. The number of benzene rings is 2. The zero-order valence-electron chi connectivity index (χ0n) is 11.3. The topological polar surface area (TPSA) is 9.23 Å². The molecule has 1 nitrogen and oxygen atoms in total. The minimum atomic E-state index is -0.248. The minimum Gasteiger partial charge on any atom is -0.494 e. The maximum absolute atomic E-state index is 14.1. The van der Waals surface area contributed by atoms with Gasteiger partial charge in [0.15, 0.2) is 0 Å². The Labute approximate surface area is 135 Å². The Balaban J connectivity index is 2.46. The molecule has 2 aromatic carbocycles. The maximum Gasteiger partial charge on any atom is 0.128 e.